The number of hydrogen-bond acceptors (Lipinski definition) is 5. The van der Waals surface area contributed by atoms with Crippen LogP contribution >= 0.6 is 11.6 Å². The number of carbonyl (C=O) groups is 1. The number of nitrogens with one attached hydrogen (secondary N) is 1. The summed E-state index contributed by atoms with van der Waals surface area (Å²) in [5.41, 5.74) is 0.735. The van der Waals surface area contributed by atoms with Gasteiger partial charge in [-0.25, -0.2) is 0 Å². The van der Waals surface area contributed by atoms with Crippen LogP contribution in [-0.4, -0.2) is 20.6 Å². The van der Waals surface area contributed by atoms with Crippen LogP contribution in [0.25, 0.3) is 0 Å². The van der Waals surface area contributed by atoms with E-state index in [1.54, 1.807) is 17.8 Å². The molecule has 1 heterocycles. The molecule has 1 amide bonds. The number of benzene rings is 1. The zero-order chi connectivity index (χ0) is 17.0. The van der Waals surface area contributed by atoms with Crippen molar-refractivity contribution in [3.05, 3.63) is 50.8 Å². The van der Waals surface area contributed by atoms with E-state index in [4.69, 9.17) is 16.9 Å². The normalized spacial score (nSPS) is 10.1. The number of amides is 1. The maximum absolute atomic E-state index is 11.9. The first-order chi connectivity index (χ1) is 10.9. The number of anilines is 1. The molecule has 1 aromatic heterocycles. The Bertz CT molecular complexity index is 790. The zero-order valence-electron chi connectivity index (χ0n) is 12.1. The molecule has 0 bridgehead atoms. The monoisotopic (exact) mass is 333 g/mol. The zero-order valence-corrected chi connectivity index (χ0v) is 12.9. The second kappa shape index (κ2) is 6.89. The third-order valence-corrected chi connectivity index (χ3v) is 3.43. The molecule has 0 spiro atoms. The van der Waals surface area contributed by atoms with Crippen LogP contribution in [0.4, 0.5) is 11.4 Å². The van der Waals surface area contributed by atoms with Gasteiger partial charge in [-0.1, -0.05) is 11.6 Å². The van der Waals surface area contributed by atoms with Crippen molar-refractivity contribution in [2.75, 3.05) is 5.32 Å². The molecular weight excluding hydrogens is 322 g/mol. The summed E-state index contributed by atoms with van der Waals surface area (Å²) in [4.78, 5) is 22.0. The summed E-state index contributed by atoms with van der Waals surface area (Å²) in [7, 11) is 0. The van der Waals surface area contributed by atoms with Crippen LogP contribution in [0.1, 0.15) is 17.7 Å². The highest BCUT2D eigenvalue weighted by molar-refractivity contribution is 6.31. The van der Waals surface area contributed by atoms with Crippen LogP contribution < -0.4 is 5.32 Å². The van der Waals surface area contributed by atoms with E-state index >= 15 is 0 Å². The minimum Gasteiger partial charge on any atom is -0.325 e. The van der Waals surface area contributed by atoms with Crippen molar-refractivity contribution in [1.82, 2.24) is 9.78 Å². The van der Waals surface area contributed by atoms with Gasteiger partial charge in [0.05, 0.1) is 26.9 Å². The second-order valence-corrected chi connectivity index (χ2v) is 5.13. The maximum Gasteiger partial charge on any atom is 0.270 e. The lowest BCUT2D eigenvalue weighted by atomic mass is 10.1. The number of carbonyl (C=O) groups excluding carboxylic acids is 1. The van der Waals surface area contributed by atoms with E-state index < -0.39 is 4.92 Å². The lowest BCUT2D eigenvalue weighted by Crippen LogP contribution is -2.15. The number of non-ortho nitro benzene ring substituents is 1. The molecular formula is C14H12ClN5O3. The average molecular weight is 334 g/mol. The van der Waals surface area contributed by atoms with E-state index in [9.17, 15) is 14.9 Å². The average Bonchev–Trinajstić information content (AvgIpc) is 2.84. The SMILES string of the molecule is Cc1nn(CCC(=O)Nc2ccc([N+](=O)[O-])cc2C#N)cc1Cl. The Kier molecular flexibility index (Phi) is 4.93. The highest BCUT2D eigenvalue weighted by Crippen LogP contribution is 2.21. The van der Waals surface area contributed by atoms with Gasteiger partial charge in [0.1, 0.15) is 6.07 Å². The fraction of sp³-hybridized carbons (Fsp3) is 0.214. The minimum atomic E-state index is -0.601. The number of halogens is 1. The van der Waals surface area contributed by atoms with Gasteiger partial charge in [0.25, 0.3) is 5.69 Å². The summed E-state index contributed by atoms with van der Waals surface area (Å²) >= 11 is 5.88. The molecule has 8 nitrogen and oxygen atoms in total. The topological polar surface area (TPSA) is 114 Å². The molecule has 0 aliphatic carbocycles. The number of rotatable bonds is 5. The molecule has 23 heavy (non-hydrogen) atoms. The summed E-state index contributed by atoms with van der Waals surface area (Å²) in [6.45, 7) is 2.09. The number of hydrogen-bond donors (Lipinski definition) is 1. The quantitative estimate of drug-likeness (QED) is 0.667. The van der Waals surface area contributed by atoms with Crippen molar-refractivity contribution in [1.29, 1.82) is 5.26 Å². The molecule has 0 aliphatic heterocycles. The molecule has 0 unspecified atom stereocenters. The van der Waals surface area contributed by atoms with Crippen molar-refractivity contribution in [2.45, 2.75) is 19.9 Å². The Morgan fingerprint density at radius 2 is 2.30 bits per heavy atom. The van der Waals surface area contributed by atoms with Gasteiger partial charge in [0.2, 0.25) is 5.91 Å². The smallest absolute Gasteiger partial charge is 0.270 e. The fourth-order valence-corrected chi connectivity index (χ4v) is 2.03. The van der Waals surface area contributed by atoms with Crippen LogP contribution in [0.2, 0.25) is 5.02 Å². The Morgan fingerprint density at radius 3 is 2.87 bits per heavy atom. The first-order valence-electron chi connectivity index (χ1n) is 6.58. The number of aromatic nitrogens is 2. The van der Waals surface area contributed by atoms with Crippen molar-refractivity contribution in [2.24, 2.45) is 0 Å². The van der Waals surface area contributed by atoms with Crippen molar-refractivity contribution in [3.8, 4) is 6.07 Å². The molecule has 1 N–H and O–H groups in total. The summed E-state index contributed by atoms with van der Waals surface area (Å²) < 4.78 is 1.55. The van der Waals surface area contributed by atoms with Crippen LogP contribution in [-0.2, 0) is 11.3 Å². The van der Waals surface area contributed by atoms with Crippen molar-refractivity contribution in [3.63, 3.8) is 0 Å². The molecule has 0 saturated carbocycles. The van der Waals surface area contributed by atoms with Gasteiger partial charge in [0, 0.05) is 31.3 Å². The Balaban J connectivity index is 2.02. The van der Waals surface area contributed by atoms with E-state index in [0.717, 1.165) is 6.07 Å². The van der Waals surface area contributed by atoms with E-state index in [1.807, 2.05) is 6.07 Å². The largest absolute Gasteiger partial charge is 0.325 e. The predicted molar refractivity (Wildman–Crippen MR) is 83.0 cm³/mol. The molecule has 0 fully saturated rings. The molecule has 0 radical (unpaired) electrons. The maximum atomic E-state index is 11.9. The molecule has 118 valence electrons. The summed E-state index contributed by atoms with van der Waals surface area (Å²) in [5, 5.41) is 26.9. The van der Waals surface area contributed by atoms with Crippen molar-refractivity contribution < 1.29 is 9.72 Å². The Hall–Kier alpha value is -2.92. The highest BCUT2D eigenvalue weighted by atomic mass is 35.5. The van der Waals surface area contributed by atoms with Crippen LogP contribution in [0, 0.1) is 28.4 Å². The highest BCUT2D eigenvalue weighted by Gasteiger charge is 2.13. The third kappa shape index (κ3) is 4.05. The lowest BCUT2D eigenvalue weighted by Gasteiger charge is -2.07. The Morgan fingerprint density at radius 1 is 1.57 bits per heavy atom. The van der Waals surface area contributed by atoms with Gasteiger partial charge in [0.15, 0.2) is 0 Å². The standard InChI is InChI=1S/C14H12ClN5O3/c1-9-12(15)8-19(18-9)5-4-14(21)17-13-3-2-11(20(22)23)6-10(13)7-16/h2-3,6,8H,4-5H2,1H3,(H,17,21). The first kappa shape index (κ1) is 16.5. The summed E-state index contributed by atoms with van der Waals surface area (Å²) in [6.07, 6.45) is 1.75. The van der Waals surface area contributed by atoms with E-state index in [1.165, 1.54) is 12.1 Å². The first-order valence-corrected chi connectivity index (χ1v) is 6.96. The molecule has 0 saturated heterocycles. The second-order valence-electron chi connectivity index (χ2n) is 4.72. The number of nitro benzene ring substituents is 1. The van der Waals surface area contributed by atoms with Gasteiger partial charge in [-0.05, 0) is 13.0 Å². The summed E-state index contributed by atoms with van der Waals surface area (Å²) in [5.74, 6) is -0.334. The molecule has 1 aromatic carbocycles. The van der Waals surface area contributed by atoms with Crippen molar-refractivity contribution >= 4 is 28.9 Å². The fourth-order valence-electron chi connectivity index (χ4n) is 1.88. The van der Waals surface area contributed by atoms with Gasteiger partial charge in [-0.2, -0.15) is 10.4 Å². The molecule has 0 atom stereocenters. The number of nitrogens with zero attached hydrogens (tertiary/aromatic N) is 4. The molecule has 9 heteroatoms. The van der Waals surface area contributed by atoms with Crippen LogP contribution in [0.5, 0.6) is 0 Å². The number of nitriles is 1. The van der Waals surface area contributed by atoms with Gasteiger partial charge in [-0.3, -0.25) is 19.6 Å². The lowest BCUT2D eigenvalue weighted by molar-refractivity contribution is -0.384. The van der Waals surface area contributed by atoms with Crippen LogP contribution in [0.15, 0.2) is 24.4 Å². The van der Waals surface area contributed by atoms with Crippen LogP contribution in [0.3, 0.4) is 0 Å². The molecule has 2 rings (SSSR count). The predicted octanol–water partition coefficient (Wildman–Crippen LogP) is 2.65. The van der Waals surface area contributed by atoms with E-state index in [2.05, 4.69) is 10.4 Å². The molecule has 0 aliphatic rings. The van der Waals surface area contributed by atoms with Gasteiger partial charge < -0.3 is 5.32 Å². The van der Waals surface area contributed by atoms with E-state index in [-0.39, 0.29) is 29.3 Å². The number of aryl methyl sites for hydroxylation is 2. The third-order valence-electron chi connectivity index (χ3n) is 3.06. The van der Waals surface area contributed by atoms with E-state index in [0.29, 0.717) is 17.3 Å². The van der Waals surface area contributed by atoms with Gasteiger partial charge in [-0.15, -0.1) is 0 Å². The summed E-state index contributed by atoms with van der Waals surface area (Å²) in [6, 6.07) is 5.51. The minimum absolute atomic E-state index is 0.0329. The molecule has 2 aromatic rings. The Labute approximate surface area is 136 Å². The van der Waals surface area contributed by atoms with Gasteiger partial charge >= 0.3 is 0 Å². The number of nitro groups is 1.